The van der Waals surface area contributed by atoms with Crippen LogP contribution in [-0.2, 0) is 24.3 Å². The molecule has 0 spiro atoms. The number of aryl methyl sites for hydroxylation is 2. The van der Waals surface area contributed by atoms with Gasteiger partial charge in [0.1, 0.15) is 5.69 Å². The Hall–Kier alpha value is -5.99. The topological polar surface area (TPSA) is 216 Å². The molecule has 0 aliphatic heterocycles. The van der Waals surface area contributed by atoms with Crippen molar-refractivity contribution < 1.29 is 24.3 Å². The Morgan fingerprint density at radius 3 is 2.37 bits per heavy atom. The molecule has 46 heavy (non-hydrogen) atoms. The number of rotatable bonds is 12. The summed E-state index contributed by atoms with van der Waals surface area (Å²) in [5.41, 5.74) is 14.5. The van der Waals surface area contributed by atoms with Crippen LogP contribution in [0.2, 0.25) is 0 Å². The maximum Gasteiger partial charge on any atom is 0.307 e. The van der Waals surface area contributed by atoms with E-state index in [1.54, 1.807) is 53.9 Å². The quantitative estimate of drug-likeness (QED) is 0.0878. The predicted molar refractivity (Wildman–Crippen MR) is 174 cm³/mol. The molecule has 0 atom stereocenters. The second-order valence-corrected chi connectivity index (χ2v) is 10.2. The van der Waals surface area contributed by atoms with E-state index in [9.17, 15) is 24.3 Å². The summed E-state index contributed by atoms with van der Waals surface area (Å²) in [5, 5.41) is 19.9. The van der Waals surface area contributed by atoms with Gasteiger partial charge in [0.05, 0.1) is 23.1 Å². The van der Waals surface area contributed by atoms with Crippen molar-refractivity contribution >= 4 is 52.3 Å². The van der Waals surface area contributed by atoms with Gasteiger partial charge in [-0.05, 0) is 61.9 Å². The van der Waals surface area contributed by atoms with E-state index >= 15 is 0 Å². The molecule has 7 N–H and O–H groups in total. The minimum Gasteiger partial charge on any atom is -0.481 e. The molecule has 4 aromatic rings. The van der Waals surface area contributed by atoms with E-state index in [1.807, 2.05) is 23.6 Å². The zero-order chi connectivity index (χ0) is 33.5. The van der Waals surface area contributed by atoms with Crippen molar-refractivity contribution in [2.75, 3.05) is 30.9 Å². The van der Waals surface area contributed by atoms with Crippen LogP contribution in [0.3, 0.4) is 0 Å². The van der Waals surface area contributed by atoms with Gasteiger partial charge in [0.15, 0.2) is 0 Å². The number of carboxylic acids is 1. The van der Waals surface area contributed by atoms with Gasteiger partial charge in [0, 0.05) is 50.5 Å². The molecular formula is C31H36N10O5. The summed E-state index contributed by atoms with van der Waals surface area (Å²) in [5.74, 6) is -2.13. The van der Waals surface area contributed by atoms with Crippen molar-refractivity contribution in [3.8, 4) is 0 Å². The number of carbonyl (C=O) groups is 4. The van der Waals surface area contributed by atoms with Gasteiger partial charge in [0.25, 0.3) is 5.91 Å². The number of nitrogens with zero attached hydrogens (tertiary/aromatic N) is 6. The number of primary amides is 2. The summed E-state index contributed by atoms with van der Waals surface area (Å²) in [4.78, 5) is 59.3. The number of benzene rings is 2. The number of aliphatic carboxylic acids is 1. The third-order valence-electron chi connectivity index (χ3n) is 7.12. The van der Waals surface area contributed by atoms with E-state index in [2.05, 4.69) is 25.7 Å². The van der Waals surface area contributed by atoms with Crippen LogP contribution in [0.4, 0.5) is 11.6 Å². The van der Waals surface area contributed by atoms with Crippen LogP contribution < -0.4 is 27.0 Å². The fourth-order valence-corrected chi connectivity index (χ4v) is 5.00. The number of guanidine groups is 1. The molecule has 0 saturated heterocycles. The molecule has 2 aromatic heterocycles. The molecule has 0 bridgehead atoms. The number of fused-ring (bicyclic) bond motifs is 1. The molecule has 0 fully saturated rings. The Morgan fingerprint density at radius 2 is 1.74 bits per heavy atom. The van der Waals surface area contributed by atoms with Crippen molar-refractivity contribution in [1.82, 2.24) is 24.6 Å². The summed E-state index contributed by atoms with van der Waals surface area (Å²) < 4.78 is 3.48. The van der Waals surface area contributed by atoms with Crippen LogP contribution in [-0.4, -0.2) is 74.7 Å². The fraction of sp³-hybridized carbons (Fsp3) is 0.258. The number of nitrogens with two attached hydrogens (primary N) is 2. The van der Waals surface area contributed by atoms with Crippen LogP contribution in [0.5, 0.6) is 0 Å². The summed E-state index contributed by atoms with van der Waals surface area (Å²) >= 11 is 0. The van der Waals surface area contributed by atoms with E-state index in [-0.39, 0.29) is 18.1 Å². The van der Waals surface area contributed by atoms with E-state index in [4.69, 9.17) is 11.5 Å². The SMILES string of the molecule is CCn1nc(C)cc1C(=O)NC(=NC)N(C/C=C/Cn1c(NC)nc2cc(C(N)=O)ccc21)c1ccc(C(N)=O)cc1CC(=O)O. The van der Waals surface area contributed by atoms with Crippen LogP contribution in [0.25, 0.3) is 11.0 Å². The van der Waals surface area contributed by atoms with Gasteiger partial charge in [-0.3, -0.25) is 34.2 Å². The van der Waals surface area contributed by atoms with Crippen molar-refractivity contribution in [3.05, 3.63) is 82.7 Å². The highest BCUT2D eigenvalue weighted by atomic mass is 16.4. The van der Waals surface area contributed by atoms with Gasteiger partial charge in [-0.1, -0.05) is 12.2 Å². The molecule has 3 amide bonds. The Labute approximate surface area is 264 Å². The van der Waals surface area contributed by atoms with Gasteiger partial charge in [-0.15, -0.1) is 0 Å². The minimum absolute atomic E-state index is 0.137. The molecule has 15 heteroatoms. The van der Waals surface area contributed by atoms with Crippen molar-refractivity contribution in [2.45, 2.75) is 33.4 Å². The number of amides is 3. The minimum atomic E-state index is -1.12. The predicted octanol–water partition coefficient (Wildman–Crippen LogP) is 1.91. The Bertz CT molecular complexity index is 1870. The van der Waals surface area contributed by atoms with Gasteiger partial charge < -0.3 is 31.4 Å². The number of aliphatic imine (C=N–C) groups is 1. The summed E-state index contributed by atoms with van der Waals surface area (Å²) in [6.45, 7) is 4.65. The molecule has 0 aliphatic rings. The molecule has 0 unspecified atom stereocenters. The summed E-state index contributed by atoms with van der Waals surface area (Å²) in [6, 6.07) is 11.2. The van der Waals surface area contributed by atoms with E-state index in [0.29, 0.717) is 52.8 Å². The number of nitrogens with one attached hydrogen (secondary N) is 2. The second kappa shape index (κ2) is 14.2. The number of imidazole rings is 1. The molecule has 15 nitrogen and oxygen atoms in total. The highest BCUT2D eigenvalue weighted by molar-refractivity contribution is 6.11. The number of allylic oxidation sites excluding steroid dienone is 1. The molecular weight excluding hydrogens is 592 g/mol. The molecule has 0 saturated carbocycles. The number of hydrogen-bond acceptors (Lipinski definition) is 8. The maximum atomic E-state index is 13.4. The average molecular weight is 629 g/mol. The van der Waals surface area contributed by atoms with Crippen molar-refractivity contribution in [3.63, 3.8) is 0 Å². The third kappa shape index (κ3) is 7.20. The highest BCUT2D eigenvalue weighted by Gasteiger charge is 2.23. The number of carbonyl (C=O) groups excluding carboxylic acids is 3. The standard InChI is InChI=1S/C31H36N10O5/c1-5-41-25(14-18(2)38-41)29(46)37-31(35-4)39(23-10-8-19(27(32)44)15-21(23)17-26(42)43)12-6-7-13-40-24-11-9-20(28(33)45)16-22(24)36-30(40)34-3/h6-11,14-16H,5,12-13,17H2,1-4H3,(H2,32,44)(H2,33,45)(H,34,36)(H,42,43)(H,35,37,46)/b7-6+. The number of aromatic nitrogens is 4. The first kappa shape index (κ1) is 32.9. The fourth-order valence-electron chi connectivity index (χ4n) is 5.00. The lowest BCUT2D eigenvalue weighted by molar-refractivity contribution is -0.136. The zero-order valence-corrected chi connectivity index (χ0v) is 25.9. The largest absolute Gasteiger partial charge is 0.481 e. The van der Waals surface area contributed by atoms with Gasteiger partial charge in [-0.2, -0.15) is 5.10 Å². The molecule has 2 heterocycles. The molecule has 240 valence electrons. The molecule has 0 aliphatic carbocycles. The third-order valence-corrected chi connectivity index (χ3v) is 7.12. The summed E-state index contributed by atoms with van der Waals surface area (Å²) in [7, 11) is 3.23. The zero-order valence-electron chi connectivity index (χ0n) is 25.9. The molecule has 4 rings (SSSR count). The number of anilines is 2. The maximum absolute atomic E-state index is 13.4. The van der Waals surface area contributed by atoms with E-state index in [1.165, 1.54) is 19.2 Å². The van der Waals surface area contributed by atoms with Crippen LogP contribution >= 0.6 is 0 Å². The Balaban J connectivity index is 1.71. The Morgan fingerprint density at radius 1 is 1.04 bits per heavy atom. The highest BCUT2D eigenvalue weighted by Crippen LogP contribution is 2.25. The average Bonchev–Trinajstić information content (AvgIpc) is 3.59. The smallest absolute Gasteiger partial charge is 0.307 e. The monoisotopic (exact) mass is 628 g/mol. The van der Waals surface area contributed by atoms with E-state index in [0.717, 1.165) is 5.52 Å². The van der Waals surface area contributed by atoms with Crippen LogP contribution in [0, 0.1) is 6.92 Å². The lowest BCUT2D eigenvalue weighted by Crippen LogP contribution is -2.45. The lowest BCUT2D eigenvalue weighted by Gasteiger charge is -2.27. The van der Waals surface area contributed by atoms with Gasteiger partial charge >= 0.3 is 5.97 Å². The van der Waals surface area contributed by atoms with Crippen LogP contribution in [0.15, 0.2) is 59.6 Å². The number of carboxylic acid groups (broad SMARTS) is 1. The summed E-state index contributed by atoms with van der Waals surface area (Å²) in [6.07, 6.45) is 3.28. The molecule has 2 aromatic carbocycles. The lowest BCUT2D eigenvalue weighted by atomic mass is 10.0. The number of hydrogen-bond donors (Lipinski definition) is 5. The van der Waals surface area contributed by atoms with Crippen LogP contribution in [0.1, 0.15) is 49.4 Å². The van der Waals surface area contributed by atoms with Crippen molar-refractivity contribution in [1.29, 1.82) is 0 Å². The second-order valence-electron chi connectivity index (χ2n) is 10.2. The van der Waals surface area contributed by atoms with Crippen molar-refractivity contribution in [2.24, 2.45) is 16.5 Å². The van der Waals surface area contributed by atoms with Gasteiger partial charge in [0.2, 0.25) is 23.7 Å². The Kier molecular flexibility index (Phi) is 10.2. The first-order valence-corrected chi connectivity index (χ1v) is 14.3. The van der Waals surface area contributed by atoms with Gasteiger partial charge in [-0.25, -0.2) is 4.98 Å². The molecule has 0 radical (unpaired) electrons. The van der Waals surface area contributed by atoms with E-state index < -0.39 is 30.1 Å². The normalized spacial score (nSPS) is 11.6. The first-order valence-electron chi connectivity index (χ1n) is 14.3. The first-order chi connectivity index (χ1) is 22.0.